The van der Waals surface area contributed by atoms with Gasteiger partial charge >= 0.3 is 0 Å². The van der Waals surface area contributed by atoms with Crippen molar-refractivity contribution in [1.29, 1.82) is 0 Å². The van der Waals surface area contributed by atoms with Crippen LogP contribution in [0.4, 0.5) is 0 Å². The highest BCUT2D eigenvalue weighted by atomic mass is 16.1. The van der Waals surface area contributed by atoms with Gasteiger partial charge in [-0.2, -0.15) is 0 Å². The largest absolute Gasteiger partial charge is 0.352 e. The van der Waals surface area contributed by atoms with Gasteiger partial charge in [0.05, 0.1) is 6.54 Å². The molecular weight excluding hydrogens is 188 g/mol. The maximum absolute atomic E-state index is 11.5. The molecule has 1 saturated carbocycles. The Morgan fingerprint density at radius 1 is 1.47 bits per heavy atom. The van der Waals surface area contributed by atoms with E-state index in [1.165, 1.54) is 6.42 Å². The van der Waals surface area contributed by atoms with Crippen LogP contribution in [0.2, 0.25) is 0 Å². The standard InChI is InChI=1S/C12H24N2O/c1-9(2)13-8-11(15)14-10-5-6-12(3,4)7-10/h9-10,13H,5-8H2,1-4H3,(H,14,15). The number of carbonyl (C=O) groups excluding carboxylic acids is 1. The normalized spacial score (nSPS) is 24.5. The third-order valence-electron chi connectivity index (χ3n) is 3.00. The second-order valence-corrected chi connectivity index (χ2v) is 5.71. The van der Waals surface area contributed by atoms with Crippen molar-refractivity contribution in [3.05, 3.63) is 0 Å². The molecule has 0 aromatic heterocycles. The zero-order chi connectivity index (χ0) is 11.5. The number of nitrogens with one attached hydrogen (secondary N) is 2. The van der Waals surface area contributed by atoms with Crippen LogP contribution < -0.4 is 10.6 Å². The monoisotopic (exact) mass is 212 g/mol. The molecule has 0 saturated heterocycles. The second kappa shape index (κ2) is 4.97. The van der Waals surface area contributed by atoms with Gasteiger partial charge in [0.25, 0.3) is 0 Å². The Morgan fingerprint density at radius 3 is 2.60 bits per heavy atom. The predicted octanol–water partition coefficient (Wildman–Crippen LogP) is 1.68. The molecule has 0 radical (unpaired) electrons. The molecule has 15 heavy (non-hydrogen) atoms. The first-order valence-electron chi connectivity index (χ1n) is 5.92. The van der Waals surface area contributed by atoms with Gasteiger partial charge in [-0.05, 0) is 24.7 Å². The first kappa shape index (κ1) is 12.5. The van der Waals surface area contributed by atoms with E-state index < -0.39 is 0 Å². The van der Waals surface area contributed by atoms with Crippen LogP contribution in [0.15, 0.2) is 0 Å². The lowest BCUT2D eigenvalue weighted by atomic mass is 9.92. The molecule has 0 aromatic carbocycles. The molecule has 3 heteroatoms. The molecule has 1 aliphatic carbocycles. The summed E-state index contributed by atoms with van der Waals surface area (Å²) in [6.07, 6.45) is 3.45. The third-order valence-corrected chi connectivity index (χ3v) is 3.00. The van der Waals surface area contributed by atoms with Crippen molar-refractivity contribution >= 4 is 5.91 Å². The highest BCUT2D eigenvalue weighted by Crippen LogP contribution is 2.36. The fraction of sp³-hybridized carbons (Fsp3) is 0.917. The van der Waals surface area contributed by atoms with E-state index in [-0.39, 0.29) is 5.91 Å². The summed E-state index contributed by atoms with van der Waals surface area (Å²) in [6, 6.07) is 0.761. The van der Waals surface area contributed by atoms with Gasteiger partial charge in [-0.15, -0.1) is 0 Å². The molecule has 1 atom stereocenters. The van der Waals surface area contributed by atoms with Crippen LogP contribution in [0.1, 0.15) is 47.0 Å². The molecule has 0 spiro atoms. The molecule has 3 nitrogen and oxygen atoms in total. The van der Waals surface area contributed by atoms with Crippen LogP contribution in [0.25, 0.3) is 0 Å². The average molecular weight is 212 g/mol. The van der Waals surface area contributed by atoms with E-state index in [1.54, 1.807) is 0 Å². The first-order chi connectivity index (χ1) is 6.89. The maximum Gasteiger partial charge on any atom is 0.234 e. The lowest BCUT2D eigenvalue weighted by Gasteiger charge is -2.18. The van der Waals surface area contributed by atoms with E-state index >= 15 is 0 Å². The number of hydrogen-bond acceptors (Lipinski definition) is 2. The van der Waals surface area contributed by atoms with Crippen molar-refractivity contribution < 1.29 is 4.79 Å². The van der Waals surface area contributed by atoms with Crippen LogP contribution in [-0.4, -0.2) is 24.5 Å². The van der Waals surface area contributed by atoms with E-state index in [2.05, 4.69) is 24.5 Å². The van der Waals surface area contributed by atoms with E-state index in [0.29, 0.717) is 24.0 Å². The van der Waals surface area contributed by atoms with Crippen molar-refractivity contribution in [1.82, 2.24) is 10.6 Å². The highest BCUT2D eigenvalue weighted by molar-refractivity contribution is 5.78. The SMILES string of the molecule is CC(C)NCC(=O)NC1CCC(C)(C)C1. The van der Waals surface area contributed by atoms with Crippen molar-refractivity contribution in [2.75, 3.05) is 6.54 Å². The summed E-state index contributed by atoms with van der Waals surface area (Å²) in [5.74, 6) is 0.131. The summed E-state index contributed by atoms with van der Waals surface area (Å²) in [5, 5.41) is 6.22. The fourth-order valence-corrected chi connectivity index (χ4v) is 2.13. The van der Waals surface area contributed by atoms with E-state index in [1.807, 2.05) is 13.8 Å². The maximum atomic E-state index is 11.5. The van der Waals surface area contributed by atoms with Crippen LogP contribution in [-0.2, 0) is 4.79 Å². The van der Waals surface area contributed by atoms with Gasteiger partial charge in [-0.25, -0.2) is 0 Å². The predicted molar refractivity (Wildman–Crippen MR) is 62.7 cm³/mol. The summed E-state index contributed by atoms with van der Waals surface area (Å²) in [7, 11) is 0. The van der Waals surface area contributed by atoms with Gasteiger partial charge in [0.1, 0.15) is 0 Å². The Morgan fingerprint density at radius 2 is 2.13 bits per heavy atom. The minimum atomic E-state index is 0.131. The van der Waals surface area contributed by atoms with Gasteiger partial charge in [-0.1, -0.05) is 27.7 Å². The first-order valence-corrected chi connectivity index (χ1v) is 5.92. The molecule has 88 valence electrons. The zero-order valence-electron chi connectivity index (χ0n) is 10.4. The Balaban J connectivity index is 2.22. The molecule has 2 N–H and O–H groups in total. The highest BCUT2D eigenvalue weighted by Gasteiger charge is 2.31. The smallest absolute Gasteiger partial charge is 0.234 e. The molecule has 1 rings (SSSR count). The molecule has 1 unspecified atom stereocenters. The lowest BCUT2D eigenvalue weighted by Crippen LogP contribution is -2.41. The van der Waals surface area contributed by atoms with Crippen LogP contribution in [0.3, 0.4) is 0 Å². The minimum absolute atomic E-state index is 0.131. The molecule has 0 heterocycles. The zero-order valence-corrected chi connectivity index (χ0v) is 10.4. The summed E-state index contributed by atoms with van der Waals surface area (Å²) < 4.78 is 0. The number of carbonyl (C=O) groups is 1. The van der Waals surface area contributed by atoms with E-state index in [4.69, 9.17) is 0 Å². The van der Waals surface area contributed by atoms with E-state index in [9.17, 15) is 4.79 Å². The quantitative estimate of drug-likeness (QED) is 0.744. The molecule has 1 fully saturated rings. The van der Waals surface area contributed by atoms with Gasteiger partial charge < -0.3 is 10.6 Å². The summed E-state index contributed by atoms with van der Waals surface area (Å²) in [4.78, 5) is 11.5. The van der Waals surface area contributed by atoms with Gasteiger partial charge in [0, 0.05) is 12.1 Å². The molecule has 0 aliphatic heterocycles. The molecule has 1 amide bonds. The third kappa shape index (κ3) is 4.65. The summed E-state index contributed by atoms with van der Waals surface area (Å²) in [6.45, 7) is 9.07. The van der Waals surface area contributed by atoms with Crippen molar-refractivity contribution in [3.8, 4) is 0 Å². The Labute approximate surface area is 93.0 Å². The topological polar surface area (TPSA) is 41.1 Å². The molecule has 0 aromatic rings. The van der Waals surface area contributed by atoms with Crippen molar-refractivity contribution in [3.63, 3.8) is 0 Å². The Bertz CT molecular complexity index is 224. The second-order valence-electron chi connectivity index (χ2n) is 5.71. The number of hydrogen-bond donors (Lipinski definition) is 2. The van der Waals surface area contributed by atoms with Gasteiger partial charge in [-0.3, -0.25) is 4.79 Å². The molecular formula is C12H24N2O. The van der Waals surface area contributed by atoms with Crippen LogP contribution in [0, 0.1) is 5.41 Å². The summed E-state index contributed by atoms with van der Waals surface area (Å²) in [5.41, 5.74) is 0.406. The summed E-state index contributed by atoms with van der Waals surface area (Å²) >= 11 is 0. The average Bonchev–Trinajstić information content (AvgIpc) is 2.42. The van der Waals surface area contributed by atoms with Crippen molar-refractivity contribution in [2.45, 2.75) is 59.0 Å². The van der Waals surface area contributed by atoms with Crippen LogP contribution >= 0.6 is 0 Å². The minimum Gasteiger partial charge on any atom is -0.352 e. The fourth-order valence-electron chi connectivity index (χ4n) is 2.13. The Kier molecular flexibility index (Phi) is 4.14. The molecule has 0 bridgehead atoms. The van der Waals surface area contributed by atoms with Gasteiger partial charge in [0.2, 0.25) is 5.91 Å². The Hall–Kier alpha value is -0.570. The van der Waals surface area contributed by atoms with E-state index in [0.717, 1.165) is 12.8 Å². The lowest BCUT2D eigenvalue weighted by molar-refractivity contribution is -0.121. The van der Waals surface area contributed by atoms with Gasteiger partial charge in [0.15, 0.2) is 0 Å². The van der Waals surface area contributed by atoms with Crippen LogP contribution in [0.5, 0.6) is 0 Å². The van der Waals surface area contributed by atoms with Crippen molar-refractivity contribution in [2.24, 2.45) is 5.41 Å². The number of rotatable bonds is 4. The number of amides is 1. The molecule has 1 aliphatic rings.